The summed E-state index contributed by atoms with van der Waals surface area (Å²) in [6, 6.07) is 17.0. The van der Waals surface area contributed by atoms with Crippen molar-refractivity contribution in [3.8, 4) is 5.75 Å². The number of nitrogens with one attached hydrogen (secondary N) is 2. The minimum Gasteiger partial charge on any atom is -0.485 e. The molecule has 0 saturated carbocycles. The van der Waals surface area contributed by atoms with Crippen LogP contribution in [0, 0.1) is 0 Å². The molecule has 0 spiro atoms. The van der Waals surface area contributed by atoms with Crippen LogP contribution in [0.15, 0.2) is 66.2 Å². The van der Waals surface area contributed by atoms with Crippen molar-refractivity contribution >= 4 is 17.2 Å². The highest BCUT2D eigenvalue weighted by Gasteiger charge is 2.15. The first kappa shape index (κ1) is 19.1. The Balaban J connectivity index is 1.65. The Hall–Kier alpha value is -2.70. The molecule has 3 aromatic rings. The second-order valence-electron chi connectivity index (χ2n) is 6.05. The van der Waals surface area contributed by atoms with E-state index in [1.165, 1.54) is 4.88 Å². The summed E-state index contributed by atoms with van der Waals surface area (Å²) in [6.45, 7) is 1.25. The normalized spacial score (nSPS) is 11.7. The summed E-state index contributed by atoms with van der Waals surface area (Å²) in [6.07, 6.45) is 2.53. The standard InChI is InChI=1S/C21H23N3O2S/c1-22-12-10-19(20-9-5-13-27-20)26-18-8-4-6-16(14-18)21(25)24-15-17-7-2-3-11-23-17/h2-9,11,13-14,19,22H,10,12,15H2,1H3,(H,24,25). The third-order valence-electron chi connectivity index (χ3n) is 4.05. The number of ether oxygens (including phenoxy) is 1. The number of hydrogen-bond donors (Lipinski definition) is 2. The van der Waals surface area contributed by atoms with Gasteiger partial charge in [-0.1, -0.05) is 18.2 Å². The lowest BCUT2D eigenvalue weighted by Crippen LogP contribution is -2.23. The van der Waals surface area contributed by atoms with Gasteiger partial charge in [-0.05, 0) is 55.4 Å². The summed E-state index contributed by atoms with van der Waals surface area (Å²) in [4.78, 5) is 17.8. The number of pyridine rings is 1. The van der Waals surface area contributed by atoms with Gasteiger partial charge >= 0.3 is 0 Å². The average molecular weight is 382 g/mol. The van der Waals surface area contributed by atoms with Crippen LogP contribution >= 0.6 is 11.3 Å². The van der Waals surface area contributed by atoms with E-state index in [4.69, 9.17) is 4.74 Å². The van der Waals surface area contributed by atoms with Gasteiger partial charge in [-0.3, -0.25) is 9.78 Å². The maximum absolute atomic E-state index is 12.5. The quantitative estimate of drug-likeness (QED) is 0.592. The number of carbonyl (C=O) groups excluding carboxylic acids is 1. The number of nitrogens with zero attached hydrogens (tertiary/aromatic N) is 1. The highest BCUT2D eigenvalue weighted by atomic mass is 32.1. The first-order valence-electron chi connectivity index (χ1n) is 8.89. The van der Waals surface area contributed by atoms with Crippen molar-refractivity contribution in [2.75, 3.05) is 13.6 Å². The molecule has 2 aromatic heterocycles. The van der Waals surface area contributed by atoms with E-state index in [-0.39, 0.29) is 12.0 Å². The summed E-state index contributed by atoms with van der Waals surface area (Å²) in [5, 5.41) is 8.10. The van der Waals surface area contributed by atoms with Crippen LogP contribution in [0.1, 0.15) is 33.5 Å². The Bertz CT molecular complexity index is 838. The van der Waals surface area contributed by atoms with Gasteiger partial charge in [0.15, 0.2) is 0 Å². The molecule has 1 aromatic carbocycles. The van der Waals surface area contributed by atoms with Crippen LogP contribution in [0.2, 0.25) is 0 Å². The van der Waals surface area contributed by atoms with Crippen LogP contribution in [0.25, 0.3) is 0 Å². The van der Waals surface area contributed by atoms with Crippen molar-refractivity contribution < 1.29 is 9.53 Å². The number of benzene rings is 1. The molecule has 0 saturated heterocycles. The maximum Gasteiger partial charge on any atom is 0.251 e. The SMILES string of the molecule is CNCCC(Oc1cccc(C(=O)NCc2ccccn2)c1)c1cccs1. The van der Waals surface area contributed by atoms with Gasteiger partial charge in [0.25, 0.3) is 5.91 Å². The molecule has 2 N–H and O–H groups in total. The largest absolute Gasteiger partial charge is 0.485 e. The molecule has 27 heavy (non-hydrogen) atoms. The van der Waals surface area contributed by atoms with Crippen LogP contribution in [0.3, 0.4) is 0 Å². The van der Waals surface area contributed by atoms with Crippen molar-refractivity contribution in [1.29, 1.82) is 0 Å². The third-order valence-corrected chi connectivity index (χ3v) is 5.01. The highest BCUT2D eigenvalue weighted by Crippen LogP contribution is 2.28. The van der Waals surface area contributed by atoms with E-state index < -0.39 is 0 Å². The average Bonchev–Trinajstić information content (AvgIpc) is 3.25. The Morgan fingerprint density at radius 3 is 2.85 bits per heavy atom. The molecule has 1 atom stereocenters. The van der Waals surface area contributed by atoms with E-state index in [1.54, 1.807) is 29.7 Å². The van der Waals surface area contributed by atoms with Crippen LogP contribution in [-0.2, 0) is 6.54 Å². The molecule has 140 valence electrons. The Morgan fingerprint density at radius 2 is 2.11 bits per heavy atom. The van der Waals surface area contributed by atoms with Gasteiger partial charge in [-0.2, -0.15) is 0 Å². The second-order valence-corrected chi connectivity index (χ2v) is 7.02. The van der Waals surface area contributed by atoms with Crippen LogP contribution < -0.4 is 15.4 Å². The van der Waals surface area contributed by atoms with E-state index in [9.17, 15) is 4.79 Å². The maximum atomic E-state index is 12.5. The fourth-order valence-corrected chi connectivity index (χ4v) is 3.45. The van der Waals surface area contributed by atoms with Crippen molar-refractivity contribution in [2.24, 2.45) is 0 Å². The summed E-state index contributed by atoms with van der Waals surface area (Å²) < 4.78 is 6.19. The molecule has 1 amide bonds. The summed E-state index contributed by atoms with van der Waals surface area (Å²) >= 11 is 1.68. The van der Waals surface area contributed by atoms with Crippen LogP contribution in [0.5, 0.6) is 5.75 Å². The predicted molar refractivity (Wildman–Crippen MR) is 108 cm³/mol. The van der Waals surface area contributed by atoms with Crippen LogP contribution in [-0.4, -0.2) is 24.5 Å². The van der Waals surface area contributed by atoms with Gasteiger partial charge in [0.05, 0.1) is 12.2 Å². The van der Waals surface area contributed by atoms with Gasteiger partial charge < -0.3 is 15.4 Å². The van der Waals surface area contributed by atoms with Gasteiger partial charge in [0, 0.05) is 23.1 Å². The molecule has 0 aliphatic carbocycles. The van der Waals surface area contributed by atoms with E-state index in [0.29, 0.717) is 17.9 Å². The molecule has 0 aliphatic heterocycles. The molecule has 6 heteroatoms. The molecule has 3 rings (SSSR count). The number of amides is 1. The van der Waals surface area contributed by atoms with Gasteiger partial charge in [0.1, 0.15) is 11.9 Å². The smallest absolute Gasteiger partial charge is 0.251 e. The fourth-order valence-electron chi connectivity index (χ4n) is 2.66. The number of carbonyl (C=O) groups is 1. The minimum absolute atomic E-state index is 0.0377. The molecule has 5 nitrogen and oxygen atoms in total. The van der Waals surface area contributed by atoms with E-state index in [2.05, 4.69) is 21.7 Å². The Labute approximate surface area is 163 Å². The fraction of sp³-hybridized carbons (Fsp3) is 0.238. The van der Waals surface area contributed by atoms with Gasteiger partial charge in [-0.25, -0.2) is 0 Å². The second kappa shape index (κ2) is 9.85. The number of hydrogen-bond acceptors (Lipinski definition) is 5. The molecule has 2 heterocycles. The van der Waals surface area contributed by atoms with E-state index in [1.807, 2.05) is 48.8 Å². The summed E-state index contributed by atoms with van der Waals surface area (Å²) in [7, 11) is 1.93. The zero-order chi connectivity index (χ0) is 18.9. The number of rotatable bonds is 9. The van der Waals surface area contributed by atoms with E-state index >= 15 is 0 Å². The highest BCUT2D eigenvalue weighted by molar-refractivity contribution is 7.10. The zero-order valence-electron chi connectivity index (χ0n) is 15.2. The molecular weight excluding hydrogens is 358 g/mol. The molecule has 0 fully saturated rings. The first-order valence-corrected chi connectivity index (χ1v) is 9.77. The zero-order valence-corrected chi connectivity index (χ0v) is 16.0. The lowest BCUT2D eigenvalue weighted by Gasteiger charge is -2.18. The third kappa shape index (κ3) is 5.64. The lowest BCUT2D eigenvalue weighted by atomic mass is 10.1. The summed E-state index contributed by atoms with van der Waals surface area (Å²) in [5.74, 6) is 0.545. The first-order chi connectivity index (χ1) is 13.3. The van der Waals surface area contributed by atoms with Crippen molar-refractivity contribution in [1.82, 2.24) is 15.6 Å². The molecule has 0 aliphatic rings. The van der Waals surface area contributed by atoms with E-state index in [0.717, 1.165) is 18.7 Å². The van der Waals surface area contributed by atoms with Gasteiger partial charge in [-0.15, -0.1) is 11.3 Å². The molecule has 0 bridgehead atoms. The lowest BCUT2D eigenvalue weighted by molar-refractivity contribution is 0.0949. The molecule has 1 unspecified atom stereocenters. The topological polar surface area (TPSA) is 63.2 Å². The number of thiophene rings is 1. The Morgan fingerprint density at radius 1 is 1.19 bits per heavy atom. The predicted octanol–water partition coefficient (Wildman–Crippen LogP) is 3.80. The van der Waals surface area contributed by atoms with Crippen molar-refractivity contribution in [2.45, 2.75) is 19.1 Å². The van der Waals surface area contributed by atoms with Crippen LogP contribution in [0.4, 0.5) is 0 Å². The van der Waals surface area contributed by atoms with Gasteiger partial charge in [0.2, 0.25) is 0 Å². The minimum atomic E-state index is -0.144. The Kier molecular flexibility index (Phi) is 6.96. The monoisotopic (exact) mass is 381 g/mol. The number of aromatic nitrogens is 1. The molecule has 0 radical (unpaired) electrons. The summed E-state index contributed by atoms with van der Waals surface area (Å²) in [5.41, 5.74) is 1.39. The molecular formula is C21H23N3O2S. The van der Waals surface area contributed by atoms with Crippen molar-refractivity contribution in [3.05, 3.63) is 82.3 Å². The van der Waals surface area contributed by atoms with Crippen molar-refractivity contribution in [3.63, 3.8) is 0 Å².